The van der Waals surface area contributed by atoms with Gasteiger partial charge in [0.2, 0.25) is 0 Å². The number of ether oxygens (including phenoxy) is 2. The number of nitrogens with zero attached hydrogens (tertiary/aromatic N) is 1. The van der Waals surface area contributed by atoms with Gasteiger partial charge in [0.1, 0.15) is 11.4 Å². The summed E-state index contributed by atoms with van der Waals surface area (Å²) in [5.74, 6) is 0.261. The molecule has 1 rings (SSSR count). The second kappa shape index (κ2) is 4.55. The number of hydrogen-bond donors (Lipinski definition) is 0. The molecule has 1 aliphatic heterocycles. The van der Waals surface area contributed by atoms with Crippen molar-refractivity contribution in [1.29, 1.82) is 0 Å². The van der Waals surface area contributed by atoms with Crippen LogP contribution in [0.25, 0.3) is 0 Å². The first-order valence-corrected chi connectivity index (χ1v) is 5.57. The Hall–Kier alpha value is -1.26. The lowest BCUT2D eigenvalue weighted by molar-refractivity contribution is 0.00755. The predicted octanol–water partition coefficient (Wildman–Crippen LogP) is 2.50. The molecule has 1 atom stereocenters. The Morgan fingerprint density at radius 1 is 1.53 bits per heavy atom. The smallest absolute Gasteiger partial charge is 0.410 e. The molecule has 1 unspecified atom stereocenters. The molecule has 1 aliphatic rings. The quantitative estimate of drug-likeness (QED) is 0.712. The van der Waals surface area contributed by atoms with E-state index in [4.69, 9.17) is 9.47 Å². The summed E-state index contributed by atoms with van der Waals surface area (Å²) in [6.07, 6.45) is 1.06. The van der Waals surface area contributed by atoms with Gasteiger partial charge >= 0.3 is 6.09 Å². The van der Waals surface area contributed by atoms with Gasteiger partial charge in [0.25, 0.3) is 0 Å². The van der Waals surface area contributed by atoms with Crippen molar-refractivity contribution in [3.05, 3.63) is 11.8 Å². The fourth-order valence-electron chi connectivity index (χ4n) is 1.67. The van der Waals surface area contributed by atoms with Crippen molar-refractivity contribution >= 4 is 6.09 Å². The highest BCUT2D eigenvalue weighted by Crippen LogP contribution is 2.27. The van der Waals surface area contributed by atoms with E-state index < -0.39 is 17.4 Å². The summed E-state index contributed by atoms with van der Waals surface area (Å²) in [6, 6.07) is 0. The third-order valence-electron chi connectivity index (χ3n) is 2.37. The zero-order valence-corrected chi connectivity index (χ0v) is 11.0. The third kappa shape index (κ3) is 3.61. The van der Waals surface area contributed by atoms with Gasteiger partial charge in [0.15, 0.2) is 5.67 Å². The molecule has 0 fully saturated rings. The van der Waals surface area contributed by atoms with Gasteiger partial charge in [-0.1, -0.05) is 0 Å². The Morgan fingerprint density at radius 2 is 2.12 bits per heavy atom. The van der Waals surface area contributed by atoms with Crippen LogP contribution in [0.5, 0.6) is 0 Å². The maximum atomic E-state index is 14.1. The maximum Gasteiger partial charge on any atom is 0.410 e. The van der Waals surface area contributed by atoms with Crippen molar-refractivity contribution < 1.29 is 18.7 Å². The SMILES string of the molecule is COC1=CCN(C(=O)OC(C)(C)C)CC1(C)F. The summed E-state index contributed by atoms with van der Waals surface area (Å²) in [7, 11) is 1.42. The number of carbonyl (C=O) groups excluding carboxylic acids is 1. The number of hydrogen-bond acceptors (Lipinski definition) is 3. The van der Waals surface area contributed by atoms with Crippen LogP contribution in [0.2, 0.25) is 0 Å². The lowest BCUT2D eigenvalue weighted by Crippen LogP contribution is -2.48. The van der Waals surface area contributed by atoms with Crippen molar-refractivity contribution in [2.75, 3.05) is 20.2 Å². The van der Waals surface area contributed by atoms with Crippen LogP contribution in [0.4, 0.5) is 9.18 Å². The average Bonchev–Trinajstić information content (AvgIpc) is 2.13. The van der Waals surface area contributed by atoms with E-state index in [1.54, 1.807) is 26.8 Å². The Morgan fingerprint density at radius 3 is 2.53 bits per heavy atom. The van der Waals surface area contributed by atoms with Crippen LogP contribution in [-0.4, -0.2) is 42.5 Å². The zero-order valence-electron chi connectivity index (χ0n) is 11.0. The standard InChI is InChI=1S/C12H20FNO3/c1-11(2,3)17-10(15)14-7-6-9(16-5)12(4,13)8-14/h6H,7-8H2,1-5H3. The normalized spacial score (nSPS) is 25.3. The summed E-state index contributed by atoms with van der Waals surface area (Å²) in [4.78, 5) is 13.1. The second-order valence-corrected chi connectivity index (χ2v) is 5.33. The highest BCUT2D eigenvalue weighted by Gasteiger charge is 2.38. The second-order valence-electron chi connectivity index (χ2n) is 5.33. The molecular formula is C12H20FNO3. The molecule has 0 aromatic rings. The van der Waals surface area contributed by atoms with Gasteiger partial charge in [-0.05, 0) is 33.8 Å². The molecule has 98 valence electrons. The van der Waals surface area contributed by atoms with Gasteiger partial charge in [-0.3, -0.25) is 0 Å². The molecule has 1 heterocycles. The molecule has 0 N–H and O–H groups in total. The van der Waals surface area contributed by atoms with Crippen molar-refractivity contribution in [3.63, 3.8) is 0 Å². The minimum Gasteiger partial charge on any atom is -0.498 e. The molecule has 17 heavy (non-hydrogen) atoms. The fraction of sp³-hybridized carbons (Fsp3) is 0.750. The Kier molecular flexibility index (Phi) is 3.69. The summed E-state index contributed by atoms with van der Waals surface area (Å²) in [5.41, 5.74) is -2.24. The van der Waals surface area contributed by atoms with Crippen molar-refractivity contribution in [1.82, 2.24) is 4.90 Å². The molecule has 5 heteroatoms. The molecule has 0 aromatic heterocycles. The lowest BCUT2D eigenvalue weighted by Gasteiger charge is -2.35. The van der Waals surface area contributed by atoms with Crippen molar-refractivity contribution in [2.24, 2.45) is 0 Å². The molecule has 0 aromatic carbocycles. The van der Waals surface area contributed by atoms with E-state index in [1.807, 2.05) is 0 Å². The van der Waals surface area contributed by atoms with Gasteiger partial charge in [0.05, 0.1) is 13.7 Å². The first-order chi connectivity index (χ1) is 7.65. The Bertz CT molecular complexity index is 331. The van der Waals surface area contributed by atoms with Gasteiger partial charge in [-0.25, -0.2) is 9.18 Å². The van der Waals surface area contributed by atoms with Crippen LogP contribution >= 0.6 is 0 Å². The summed E-state index contributed by atoms with van der Waals surface area (Å²) in [6.45, 7) is 6.97. The largest absolute Gasteiger partial charge is 0.498 e. The minimum atomic E-state index is -1.66. The molecule has 0 saturated heterocycles. The van der Waals surface area contributed by atoms with Crippen LogP contribution in [0, 0.1) is 0 Å². The maximum absolute atomic E-state index is 14.1. The Labute approximate surface area is 101 Å². The number of methoxy groups -OCH3 is 1. The molecule has 4 nitrogen and oxygen atoms in total. The van der Waals surface area contributed by atoms with Crippen LogP contribution in [0.3, 0.4) is 0 Å². The number of alkyl halides is 1. The van der Waals surface area contributed by atoms with Crippen molar-refractivity contribution in [2.45, 2.75) is 39.0 Å². The van der Waals surface area contributed by atoms with Crippen LogP contribution in [0.1, 0.15) is 27.7 Å². The number of amides is 1. The zero-order chi connectivity index (χ0) is 13.3. The number of rotatable bonds is 1. The van der Waals surface area contributed by atoms with Crippen LogP contribution < -0.4 is 0 Å². The molecule has 0 saturated carbocycles. The summed E-state index contributed by atoms with van der Waals surface area (Å²) in [5, 5.41) is 0. The first-order valence-electron chi connectivity index (χ1n) is 5.57. The lowest BCUT2D eigenvalue weighted by atomic mass is 10.0. The topological polar surface area (TPSA) is 38.8 Å². The molecule has 0 radical (unpaired) electrons. The van der Waals surface area contributed by atoms with E-state index in [9.17, 15) is 9.18 Å². The average molecular weight is 245 g/mol. The van der Waals surface area contributed by atoms with E-state index in [0.717, 1.165) is 0 Å². The molecule has 0 bridgehead atoms. The third-order valence-corrected chi connectivity index (χ3v) is 2.37. The van der Waals surface area contributed by atoms with E-state index in [1.165, 1.54) is 18.9 Å². The van der Waals surface area contributed by atoms with Crippen LogP contribution in [0.15, 0.2) is 11.8 Å². The van der Waals surface area contributed by atoms with E-state index in [-0.39, 0.29) is 12.3 Å². The monoisotopic (exact) mass is 245 g/mol. The molecular weight excluding hydrogens is 225 g/mol. The van der Waals surface area contributed by atoms with Crippen molar-refractivity contribution in [3.8, 4) is 0 Å². The first kappa shape index (κ1) is 13.8. The molecule has 1 amide bonds. The predicted molar refractivity (Wildman–Crippen MR) is 62.4 cm³/mol. The van der Waals surface area contributed by atoms with Gasteiger partial charge in [0, 0.05) is 6.54 Å². The van der Waals surface area contributed by atoms with E-state index in [2.05, 4.69) is 0 Å². The summed E-state index contributed by atoms with van der Waals surface area (Å²) < 4.78 is 24.3. The molecule has 0 spiro atoms. The minimum absolute atomic E-state index is 0.0540. The van der Waals surface area contributed by atoms with E-state index in [0.29, 0.717) is 6.54 Å². The van der Waals surface area contributed by atoms with E-state index >= 15 is 0 Å². The van der Waals surface area contributed by atoms with Gasteiger partial charge in [-0.2, -0.15) is 0 Å². The molecule has 0 aliphatic carbocycles. The number of carbonyl (C=O) groups is 1. The van der Waals surface area contributed by atoms with Crippen LogP contribution in [-0.2, 0) is 9.47 Å². The summed E-state index contributed by atoms with van der Waals surface area (Å²) >= 11 is 0. The highest BCUT2D eigenvalue weighted by atomic mass is 19.1. The highest BCUT2D eigenvalue weighted by molar-refractivity contribution is 5.69. The number of halogens is 1. The van der Waals surface area contributed by atoms with Gasteiger partial charge in [-0.15, -0.1) is 0 Å². The Balaban J connectivity index is 2.72. The fourth-order valence-corrected chi connectivity index (χ4v) is 1.67. The van der Waals surface area contributed by atoms with Gasteiger partial charge < -0.3 is 14.4 Å².